The lowest BCUT2D eigenvalue weighted by atomic mass is 9.99. The van der Waals surface area contributed by atoms with Crippen molar-refractivity contribution in [2.45, 2.75) is 19.2 Å². The molecule has 0 aromatic heterocycles. The quantitative estimate of drug-likeness (QED) is 0.672. The maximum atomic E-state index is 13.8. The van der Waals surface area contributed by atoms with Crippen molar-refractivity contribution in [3.63, 3.8) is 0 Å². The molecule has 0 fully saturated rings. The zero-order valence-corrected chi connectivity index (χ0v) is 12.6. The lowest BCUT2D eigenvalue weighted by Crippen LogP contribution is -2.16. The largest absolute Gasteiger partial charge is 0.464 e. The van der Waals surface area contributed by atoms with E-state index in [-0.39, 0.29) is 12.2 Å². The SMILES string of the molecule is CCOC(=O)C(O)c1cc(-c2ccc(C(F)(F)F)cc2)ccc1F. The number of halogens is 4. The molecule has 24 heavy (non-hydrogen) atoms. The summed E-state index contributed by atoms with van der Waals surface area (Å²) in [6.07, 6.45) is -6.26. The number of carbonyl (C=O) groups is 1. The molecule has 7 heteroatoms. The van der Waals surface area contributed by atoms with Gasteiger partial charge < -0.3 is 9.84 Å². The van der Waals surface area contributed by atoms with Crippen molar-refractivity contribution in [2.24, 2.45) is 0 Å². The molecule has 0 heterocycles. The van der Waals surface area contributed by atoms with E-state index in [1.54, 1.807) is 6.92 Å². The summed E-state index contributed by atoms with van der Waals surface area (Å²) in [5, 5.41) is 9.86. The third-order valence-corrected chi connectivity index (χ3v) is 3.35. The zero-order chi connectivity index (χ0) is 17.9. The van der Waals surface area contributed by atoms with Crippen molar-refractivity contribution in [1.29, 1.82) is 0 Å². The Balaban J connectivity index is 2.35. The van der Waals surface area contributed by atoms with Gasteiger partial charge in [-0.05, 0) is 42.3 Å². The number of alkyl halides is 3. The third-order valence-electron chi connectivity index (χ3n) is 3.35. The second-order valence-corrected chi connectivity index (χ2v) is 4.97. The van der Waals surface area contributed by atoms with E-state index in [1.165, 1.54) is 24.3 Å². The summed E-state index contributed by atoms with van der Waals surface area (Å²) in [7, 11) is 0. The Labute approximate surface area is 135 Å². The molecule has 1 atom stereocenters. The minimum Gasteiger partial charge on any atom is -0.464 e. The molecule has 1 N–H and O–H groups in total. The van der Waals surface area contributed by atoms with Crippen LogP contribution in [-0.4, -0.2) is 17.7 Å². The Kier molecular flexibility index (Phi) is 5.23. The predicted molar refractivity (Wildman–Crippen MR) is 78.4 cm³/mol. The molecule has 2 rings (SSSR count). The summed E-state index contributed by atoms with van der Waals surface area (Å²) in [5.41, 5.74) is -0.352. The summed E-state index contributed by atoms with van der Waals surface area (Å²) in [5.74, 6) is -1.81. The number of benzene rings is 2. The molecule has 3 nitrogen and oxygen atoms in total. The number of carbonyl (C=O) groups excluding carboxylic acids is 1. The monoisotopic (exact) mass is 342 g/mol. The van der Waals surface area contributed by atoms with E-state index in [0.717, 1.165) is 18.2 Å². The van der Waals surface area contributed by atoms with Crippen molar-refractivity contribution >= 4 is 5.97 Å². The first-order chi connectivity index (χ1) is 11.2. The molecule has 0 aliphatic heterocycles. The fourth-order valence-corrected chi connectivity index (χ4v) is 2.13. The van der Waals surface area contributed by atoms with Gasteiger partial charge in [0.25, 0.3) is 0 Å². The highest BCUT2D eigenvalue weighted by molar-refractivity contribution is 5.77. The lowest BCUT2D eigenvalue weighted by molar-refractivity contribution is -0.153. The molecule has 0 spiro atoms. The van der Waals surface area contributed by atoms with Gasteiger partial charge in [-0.2, -0.15) is 13.2 Å². The molecule has 2 aromatic carbocycles. The molecule has 0 bridgehead atoms. The van der Waals surface area contributed by atoms with Crippen LogP contribution >= 0.6 is 0 Å². The van der Waals surface area contributed by atoms with Crippen molar-refractivity contribution < 1.29 is 32.2 Å². The van der Waals surface area contributed by atoms with Crippen LogP contribution in [0.4, 0.5) is 17.6 Å². The second kappa shape index (κ2) is 7.00. The smallest absolute Gasteiger partial charge is 0.416 e. The van der Waals surface area contributed by atoms with Crippen LogP contribution in [0.5, 0.6) is 0 Å². The van der Waals surface area contributed by atoms with Gasteiger partial charge in [-0.1, -0.05) is 18.2 Å². The highest BCUT2D eigenvalue weighted by atomic mass is 19.4. The highest BCUT2D eigenvalue weighted by Crippen LogP contribution is 2.32. The van der Waals surface area contributed by atoms with Crippen LogP contribution < -0.4 is 0 Å². The number of rotatable bonds is 4. The van der Waals surface area contributed by atoms with E-state index >= 15 is 0 Å². The van der Waals surface area contributed by atoms with Crippen LogP contribution in [0.3, 0.4) is 0 Å². The highest BCUT2D eigenvalue weighted by Gasteiger charge is 2.30. The Hall–Kier alpha value is -2.41. The van der Waals surface area contributed by atoms with Crippen molar-refractivity contribution in [3.05, 3.63) is 59.4 Å². The first-order valence-electron chi connectivity index (χ1n) is 7.05. The zero-order valence-electron chi connectivity index (χ0n) is 12.6. The maximum Gasteiger partial charge on any atom is 0.416 e. The molecule has 0 saturated carbocycles. The van der Waals surface area contributed by atoms with Crippen LogP contribution in [0.25, 0.3) is 11.1 Å². The van der Waals surface area contributed by atoms with E-state index in [0.29, 0.717) is 11.1 Å². The third kappa shape index (κ3) is 3.91. The number of esters is 1. The topological polar surface area (TPSA) is 46.5 Å². The van der Waals surface area contributed by atoms with Crippen LogP contribution in [0.1, 0.15) is 24.2 Å². The van der Waals surface area contributed by atoms with Crippen LogP contribution in [0.2, 0.25) is 0 Å². The molecule has 0 amide bonds. The summed E-state index contributed by atoms with van der Waals surface area (Å²) in [4.78, 5) is 11.5. The average Bonchev–Trinajstić information content (AvgIpc) is 2.54. The average molecular weight is 342 g/mol. The van der Waals surface area contributed by atoms with Gasteiger partial charge in [0.05, 0.1) is 12.2 Å². The summed E-state index contributed by atoms with van der Waals surface area (Å²) in [6, 6.07) is 7.86. The second-order valence-electron chi connectivity index (χ2n) is 4.97. The van der Waals surface area contributed by atoms with Gasteiger partial charge in [0.1, 0.15) is 5.82 Å². The molecular weight excluding hydrogens is 328 g/mol. The molecule has 0 saturated heterocycles. The van der Waals surface area contributed by atoms with Crippen molar-refractivity contribution in [1.82, 2.24) is 0 Å². The number of hydrogen-bond acceptors (Lipinski definition) is 3. The fourth-order valence-electron chi connectivity index (χ4n) is 2.13. The predicted octanol–water partition coefficient (Wildman–Crippen LogP) is 4.11. The fraction of sp³-hybridized carbons (Fsp3) is 0.235. The summed E-state index contributed by atoms with van der Waals surface area (Å²) in [6.45, 7) is 1.57. The minimum atomic E-state index is -4.45. The summed E-state index contributed by atoms with van der Waals surface area (Å²) >= 11 is 0. The van der Waals surface area contributed by atoms with Gasteiger partial charge >= 0.3 is 12.1 Å². The van der Waals surface area contributed by atoms with Gasteiger partial charge in [-0.15, -0.1) is 0 Å². The van der Waals surface area contributed by atoms with Crippen molar-refractivity contribution in [2.75, 3.05) is 6.61 Å². The lowest BCUT2D eigenvalue weighted by Gasteiger charge is -2.13. The first kappa shape index (κ1) is 17.9. The van der Waals surface area contributed by atoms with Gasteiger partial charge in [-0.3, -0.25) is 0 Å². The molecule has 128 valence electrons. The van der Waals surface area contributed by atoms with Crippen LogP contribution in [-0.2, 0) is 15.7 Å². The number of aliphatic hydroxyl groups is 1. The standard InChI is InChI=1S/C17H14F4O3/c1-2-24-16(23)15(22)13-9-11(5-8-14(13)18)10-3-6-12(7-4-10)17(19,20)21/h3-9,15,22H,2H2,1H3. The number of hydrogen-bond donors (Lipinski definition) is 1. The number of aliphatic hydroxyl groups excluding tert-OH is 1. The Morgan fingerprint density at radius 2 is 1.71 bits per heavy atom. The molecular formula is C17H14F4O3. The van der Waals surface area contributed by atoms with Crippen LogP contribution in [0.15, 0.2) is 42.5 Å². The Morgan fingerprint density at radius 1 is 1.12 bits per heavy atom. The molecule has 0 aliphatic carbocycles. The van der Waals surface area contributed by atoms with E-state index in [1.807, 2.05) is 0 Å². The Morgan fingerprint density at radius 3 is 2.25 bits per heavy atom. The number of ether oxygens (including phenoxy) is 1. The van der Waals surface area contributed by atoms with Crippen LogP contribution in [0, 0.1) is 5.82 Å². The van der Waals surface area contributed by atoms with Gasteiger partial charge in [0.2, 0.25) is 0 Å². The normalized spacial score (nSPS) is 12.8. The summed E-state index contributed by atoms with van der Waals surface area (Å²) < 4.78 is 56.2. The Bertz CT molecular complexity index is 724. The molecule has 2 aromatic rings. The molecule has 0 aliphatic rings. The minimum absolute atomic E-state index is 0.0239. The van der Waals surface area contributed by atoms with E-state index < -0.39 is 29.6 Å². The first-order valence-corrected chi connectivity index (χ1v) is 7.05. The van der Waals surface area contributed by atoms with Gasteiger partial charge in [0.15, 0.2) is 6.10 Å². The van der Waals surface area contributed by atoms with Gasteiger partial charge in [0, 0.05) is 5.56 Å². The van der Waals surface area contributed by atoms with E-state index in [4.69, 9.17) is 0 Å². The molecule has 0 radical (unpaired) electrons. The van der Waals surface area contributed by atoms with E-state index in [9.17, 15) is 27.5 Å². The van der Waals surface area contributed by atoms with Crippen molar-refractivity contribution in [3.8, 4) is 11.1 Å². The van der Waals surface area contributed by atoms with Gasteiger partial charge in [-0.25, -0.2) is 9.18 Å². The van der Waals surface area contributed by atoms with E-state index in [2.05, 4.69) is 4.74 Å². The maximum absolute atomic E-state index is 13.8. The molecule has 1 unspecified atom stereocenters.